The van der Waals surface area contributed by atoms with Gasteiger partial charge in [0.15, 0.2) is 4.34 Å². The largest absolute Gasteiger partial charge is 0.330 e. The van der Waals surface area contributed by atoms with Crippen LogP contribution in [0, 0.1) is 5.41 Å². The third kappa shape index (κ3) is 3.44. The van der Waals surface area contributed by atoms with E-state index in [9.17, 15) is 0 Å². The monoisotopic (exact) mass is 266 g/mol. The first kappa shape index (κ1) is 12.9. The predicted molar refractivity (Wildman–Crippen MR) is 77.8 cm³/mol. The summed E-state index contributed by atoms with van der Waals surface area (Å²) in [5.74, 6) is 1.09. The van der Waals surface area contributed by atoms with Crippen LogP contribution >= 0.6 is 23.1 Å². The first-order valence-electron chi connectivity index (χ1n) is 5.79. The summed E-state index contributed by atoms with van der Waals surface area (Å²) in [5.41, 5.74) is 7.07. The number of nitrogens with zero attached hydrogens (tertiary/aromatic N) is 1. The molecule has 4 heteroatoms. The molecule has 2 N–H and O–H groups in total. The Bertz CT molecular complexity index is 458. The lowest BCUT2D eigenvalue weighted by atomic mass is 9.91. The molecule has 0 fully saturated rings. The molecule has 0 unspecified atom stereocenters. The molecule has 0 atom stereocenters. The molecular weight excluding hydrogens is 248 g/mol. The summed E-state index contributed by atoms with van der Waals surface area (Å²) < 4.78 is 2.44. The fraction of sp³-hybridized carbons (Fsp3) is 0.462. The molecule has 0 spiro atoms. The van der Waals surface area contributed by atoms with Crippen molar-refractivity contribution in [2.75, 3.05) is 12.3 Å². The van der Waals surface area contributed by atoms with Crippen molar-refractivity contribution in [3.05, 3.63) is 24.3 Å². The summed E-state index contributed by atoms with van der Waals surface area (Å²) in [6.07, 6.45) is 1.13. The molecule has 0 bridgehead atoms. The van der Waals surface area contributed by atoms with Crippen molar-refractivity contribution in [1.29, 1.82) is 0 Å². The number of hydrogen-bond donors (Lipinski definition) is 1. The van der Waals surface area contributed by atoms with Crippen LogP contribution in [0.5, 0.6) is 0 Å². The molecule has 0 aliphatic carbocycles. The Labute approximate surface area is 111 Å². The first-order valence-corrected chi connectivity index (χ1v) is 7.59. The third-order valence-corrected chi connectivity index (χ3v) is 5.01. The van der Waals surface area contributed by atoms with Gasteiger partial charge in [-0.25, -0.2) is 4.98 Å². The van der Waals surface area contributed by atoms with E-state index in [1.807, 2.05) is 17.8 Å². The van der Waals surface area contributed by atoms with Crippen molar-refractivity contribution in [1.82, 2.24) is 4.98 Å². The quantitative estimate of drug-likeness (QED) is 0.837. The maximum Gasteiger partial charge on any atom is 0.151 e. The van der Waals surface area contributed by atoms with Gasteiger partial charge in [0.05, 0.1) is 10.2 Å². The van der Waals surface area contributed by atoms with Crippen LogP contribution in [0.15, 0.2) is 28.6 Å². The van der Waals surface area contributed by atoms with Crippen molar-refractivity contribution in [3.8, 4) is 0 Å². The average Bonchev–Trinajstić information content (AvgIpc) is 2.71. The van der Waals surface area contributed by atoms with Gasteiger partial charge in [-0.2, -0.15) is 0 Å². The van der Waals surface area contributed by atoms with Gasteiger partial charge in [0, 0.05) is 5.75 Å². The highest BCUT2D eigenvalue weighted by Crippen LogP contribution is 2.31. The van der Waals surface area contributed by atoms with Gasteiger partial charge >= 0.3 is 0 Å². The lowest BCUT2D eigenvalue weighted by Gasteiger charge is -2.21. The first-order chi connectivity index (χ1) is 8.11. The topological polar surface area (TPSA) is 38.9 Å². The van der Waals surface area contributed by atoms with E-state index >= 15 is 0 Å². The molecule has 0 amide bonds. The van der Waals surface area contributed by atoms with Gasteiger partial charge < -0.3 is 5.73 Å². The number of rotatable bonds is 5. The fourth-order valence-electron chi connectivity index (χ4n) is 1.43. The molecule has 17 heavy (non-hydrogen) atoms. The van der Waals surface area contributed by atoms with Crippen LogP contribution < -0.4 is 5.73 Å². The van der Waals surface area contributed by atoms with Crippen LogP contribution in [0.2, 0.25) is 0 Å². The zero-order valence-electron chi connectivity index (χ0n) is 10.3. The van der Waals surface area contributed by atoms with Crippen molar-refractivity contribution < 1.29 is 0 Å². The Hall–Kier alpha value is -0.580. The van der Waals surface area contributed by atoms with Gasteiger partial charge in [-0.15, -0.1) is 11.3 Å². The predicted octanol–water partition coefficient (Wildman–Crippen LogP) is 3.76. The van der Waals surface area contributed by atoms with Gasteiger partial charge in [-0.1, -0.05) is 37.7 Å². The van der Waals surface area contributed by atoms with Crippen LogP contribution in [0.1, 0.15) is 20.3 Å². The molecule has 0 aliphatic rings. The summed E-state index contributed by atoms with van der Waals surface area (Å²) >= 11 is 3.62. The summed E-state index contributed by atoms with van der Waals surface area (Å²) in [4.78, 5) is 4.61. The number of nitrogens with two attached hydrogens (primary N) is 1. The highest BCUT2D eigenvalue weighted by molar-refractivity contribution is 8.01. The van der Waals surface area contributed by atoms with Gasteiger partial charge in [0.25, 0.3) is 0 Å². The molecule has 0 saturated carbocycles. The molecule has 2 aromatic rings. The van der Waals surface area contributed by atoms with Crippen LogP contribution in [-0.2, 0) is 0 Å². The van der Waals surface area contributed by atoms with E-state index in [2.05, 4.69) is 37.0 Å². The Morgan fingerprint density at radius 3 is 2.82 bits per heavy atom. The summed E-state index contributed by atoms with van der Waals surface area (Å²) in [6, 6.07) is 8.29. The van der Waals surface area contributed by atoms with E-state index in [4.69, 9.17) is 5.73 Å². The number of thiazole rings is 1. The van der Waals surface area contributed by atoms with Crippen molar-refractivity contribution in [2.45, 2.75) is 24.6 Å². The summed E-state index contributed by atoms with van der Waals surface area (Å²) in [7, 11) is 0. The van der Waals surface area contributed by atoms with E-state index in [0.717, 1.165) is 24.2 Å². The van der Waals surface area contributed by atoms with Gasteiger partial charge in [-0.3, -0.25) is 0 Å². The smallest absolute Gasteiger partial charge is 0.151 e. The van der Waals surface area contributed by atoms with Crippen molar-refractivity contribution in [3.63, 3.8) is 0 Å². The van der Waals surface area contributed by atoms with E-state index < -0.39 is 0 Å². The Morgan fingerprint density at radius 1 is 1.35 bits per heavy atom. The maximum absolute atomic E-state index is 5.72. The molecule has 0 aliphatic heterocycles. The molecular formula is C13H18N2S2. The minimum atomic E-state index is 0.240. The molecule has 1 aromatic heterocycles. The molecule has 1 heterocycles. The average molecular weight is 266 g/mol. The molecule has 1 aromatic carbocycles. The Morgan fingerprint density at radius 2 is 2.12 bits per heavy atom. The SMILES string of the molecule is CC(C)(CN)CCSc1nc2ccccc2s1. The lowest BCUT2D eigenvalue weighted by Crippen LogP contribution is -2.23. The van der Waals surface area contributed by atoms with Crippen LogP contribution in [0.25, 0.3) is 10.2 Å². The van der Waals surface area contributed by atoms with Crippen LogP contribution in [0.3, 0.4) is 0 Å². The number of fused-ring (bicyclic) bond motifs is 1. The van der Waals surface area contributed by atoms with Gasteiger partial charge in [0.1, 0.15) is 0 Å². The van der Waals surface area contributed by atoms with Gasteiger partial charge in [0.2, 0.25) is 0 Å². The molecule has 2 nitrogen and oxygen atoms in total. The van der Waals surface area contributed by atoms with Gasteiger partial charge in [-0.05, 0) is 30.5 Å². The maximum atomic E-state index is 5.72. The van der Waals surface area contributed by atoms with E-state index in [-0.39, 0.29) is 5.41 Å². The molecule has 92 valence electrons. The third-order valence-electron chi connectivity index (χ3n) is 2.83. The minimum absolute atomic E-state index is 0.240. The summed E-state index contributed by atoms with van der Waals surface area (Å²) in [5, 5.41) is 0. The van der Waals surface area contributed by atoms with Crippen molar-refractivity contribution >= 4 is 33.3 Å². The zero-order valence-corrected chi connectivity index (χ0v) is 11.9. The highest BCUT2D eigenvalue weighted by Gasteiger charge is 2.15. The van der Waals surface area contributed by atoms with Crippen molar-refractivity contribution in [2.24, 2.45) is 11.1 Å². The number of benzene rings is 1. The second-order valence-corrected chi connectivity index (χ2v) is 7.29. The summed E-state index contributed by atoms with van der Waals surface area (Å²) in [6.45, 7) is 5.17. The van der Waals surface area contributed by atoms with E-state index in [1.165, 1.54) is 9.04 Å². The number of para-hydroxylation sites is 1. The second-order valence-electron chi connectivity index (χ2n) is 4.91. The molecule has 0 radical (unpaired) electrons. The second kappa shape index (κ2) is 5.38. The van der Waals surface area contributed by atoms with E-state index in [1.54, 1.807) is 11.3 Å². The standard InChI is InChI=1S/C13H18N2S2/c1-13(2,9-14)7-8-16-12-15-10-5-3-4-6-11(10)17-12/h3-6H,7-9,14H2,1-2H3. The van der Waals surface area contributed by atoms with Crippen LogP contribution in [-0.4, -0.2) is 17.3 Å². The number of aromatic nitrogens is 1. The fourth-order valence-corrected chi connectivity index (χ4v) is 3.87. The zero-order chi connectivity index (χ0) is 12.3. The number of hydrogen-bond acceptors (Lipinski definition) is 4. The Kier molecular flexibility index (Phi) is 4.07. The normalized spacial score (nSPS) is 12.2. The molecule has 2 rings (SSSR count). The lowest BCUT2D eigenvalue weighted by molar-refractivity contribution is 0.368. The Balaban J connectivity index is 1.95. The minimum Gasteiger partial charge on any atom is -0.330 e. The van der Waals surface area contributed by atoms with Crippen LogP contribution in [0.4, 0.5) is 0 Å². The van der Waals surface area contributed by atoms with E-state index in [0.29, 0.717) is 0 Å². The highest BCUT2D eigenvalue weighted by atomic mass is 32.2. The number of thioether (sulfide) groups is 1. The molecule has 0 saturated heterocycles.